The van der Waals surface area contributed by atoms with Crippen LogP contribution in [0.3, 0.4) is 0 Å². The minimum Gasteiger partial charge on any atom is -0.357 e. The molecule has 2 fully saturated rings. The van der Waals surface area contributed by atoms with Crippen molar-refractivity contribution in [3.05, 3.63) is 0 Å². The second-order valence-corrected chi connectivity index (χ2v) is 6.66. The molecule has 2 saturated heterocycles. The highest BCUT2D eigenvalue weighted by Gasteiger charge is 2.18. The third-order valence-electron chi connectivity index (χ3n) is 4.76. The lowest BCUT2D eigenvalue weighted by atomic mass is 10.00. The summed E-state index contributed by atoms with van der Waals surface area (Å²) in [5, 5.41) is 3.46. The minimum absolute atomic E-state index is 0. The van der Waals surface area contributed by atoms with Gasteiger partial charge in [0, 0.05) is 26.2 Å². The number of hydrogen-bond acceptors (Lipinski definition) is 2. The topological polar surface area (TPSA) is 30.9 Å². The predicted octanol–water partition coefficient (Wildman–Crippen LogP) is 3.18. The number of likely N-dealkylation sites (tertiary alicyclic amines) is 2. The van der Waals surface area contributed by atoms with E-state index in [1.807, 2.05) is 0 Å². The fourth-order valence-electron chi connectivity index (χ4n) is 3.28. The molecule has 0 spiro atoms. The molecule has 5 heteroatoms. The first-order valence-corrected chi connectivity index (χ1v) is 9.05. The third-order valence-corrected chi connectivity index (χ3v) is 4.76. The van der Waals surface area contributed by atoms with E-state index in [2.05, 4.69) is 29.0 Å². The minimum atomic E-state index is 0. The Morgan fingerprint density at radius 3 is 2.41 bits per heavy atom. The van der Waals surface area contributed by atoms with Crippen LogP contribution in [0.1, 0.15) is 52.4 Å². The molecule has 0 unspecified atom stereocenters. The first-order chi connectivity index (χ1) is 10.3. The van der Waals surface area contributed by atoms with Gasteiger partial charge in [-0.15, -0.1) is 24.0 Å². The number of unbranched alkanes of at least 4 members (excludes halogenated alkanes) is 1. The molecule has 4 nitrogen and oxygen atoms in total. The highest BCUT2D eigenvalue weighted by molar-refractivity contribution is 14.0. The first kappa shape index (κ1) is 20.0. The predicted molar refractivity (Wildman–Crippen MR) is 106 cm³/mol. The van der Waals surface area contributed by atoms with Crippen LogP contribution in [0.4, 0.5) is 0 Å². The highest BCUT2D eigenvalue weighted by atomic mass is 127. The Bertz CT molecular complexity index is 308. The third kappa shape index (κ3) is 7.02. The second kappa shape index (κ2) is 11.5. The van der Waals surface area contributed by atoms with Crippen molar-refractivity contribution >= 4 is 29.9 Å². The molecule has 0 aromatic carbocycles. The summed E-state index contributed by atoms with van der Waals surface area (Å²) in [5.74, 6) is 2.02. The van der Waals surface area contributed by atoms with Crippen molar-refractivity contribution in [2.24, 2.45) is 10.9 Å². The molecular weight excluding hydrogens is 387 g/mol. The number of halogens is 1. The van der Waals surface area contributed by atoms with Crippen LogP contribution >= 0.6 is 24.0 Å². The zero-order valence-corrected chi connectivity index (χ0v) is 16.8. The lowest BCUT2D eigenvalue weighted by molar-refractivity contribution is 0.273. The number of piperidine rings is 1. The largest absolute Gasteiger partial charge is 0.357 e. The zero-order chi connectivity index (χ0) is 14.9. The van der Waals surface area contributed by atoms with Gasteiger partial charge < -0.3 is 15.1 Å². The van der Waals surface area contributed by atoms with Crippen LogP contribution in [0, 0.1) is 5.92 Å². The van der Waals surface area contributed by atoms with E-state index in [4.69, 9.17) is 4.99 Å². The van der Waals surface area contributed by atoms with Crippen LogP contribution < -0.4 is 5.32 Å². The summed E-state index contributed by atoms with van der Waals surface area (Å²) in [6.45, 7) is 12.7. The average molecular weight is 422 g/mol. The fourth-order valence-corrected chi connectivity index (χ4v) is 3.28. The Labute approximate surface area is 154 Å². The Balaban J connectivity index is 0.00000242. The molecule has 0 atom stereocenters. The molecule has 1 N–H and O–H groups in total. The molecule has 0 aromatic rings. The summed E-state index contributed by atoms with van der Waals surface area (Å²) in [6.07, 6.45) is 7.92. The van der Waals surface area contributed by atoms with Gasteiger partial charge >= 0.3 is 0 Å². The molecule has 2 heterocycles. The van der Waals surface area contributed by atoms with Crippen molar-refractivity contribution in [1.29, 1.82) is 0 Å². The maximum Gasteiger partial charge on any atom is 0.193 e. The van der Waals surface area contributed by atoms with Crippen molar-refractivity contribution in [2.45, 2.75) is 52.4 Å². The maximum atomic E-state index is 4.84. The lowest BCUT2D eigenvalue weighted by Crippen LogP contribution is -2.45. The Kier molecular flexibility index (Phi) is 10.4. The summed E-state index contributed by atoms with van der Waals surface area (Å²) in [6, 6.07) is 0. The number of nitrogens with zero attached hydrogens (tertiary/aromatic N) is 3. The average Bonchev–Trinajstić information content (AvgIpc) is 3.00. The van der Waals surface area contributed by atoms with E-state index in [9.17, 15) is 0 Å². The number of nitrogens with one attached hydrogen (secondary N) is 1. The molecule has 0 saturated carbocycles. The summed E-state index contributed by atoms with van der Waals surface area (Å²) in [5.41, 5.74) is 0. The molecule has 2 aliphatic heterocycles. The van der Waals surface area contributed by atoms with Crippen LogP contribution in [0.15, 0.2) is 4.99 Å². The van der Waals surface area contributed by atoms with Gasteiger partial charge in [0.1, 0.15) is 0 Å². The molecule has 130 valence electrons. The van der Waals surface area contributed by atoms with Gasteiger partial charge in [-0.2, -0.15) is 0 Å². The number of aliphatic imine (C=N–C) groups is 1. The smallest absolute Gasteiger partial charge is 0.193 e. The summed E-state index contributed by atoms with van der Waals surface area (Å²) < 4.78 is 0. The van der Waals surface area contributed by atoms with E-state index in [0.717, 1.165) is 25.0 Å². The molecule has 0 amide bonds. The summed E-state index contributed by atoms with van der Waals surface area (Å²) in [7, 11) is 0. The quantitative estimate of drug-likeness (QED) is 0.309. The molecule has 0 bridgehead atoms. The van der Waals surface area contributed by atoms with Gasteiger partial charge in [-0.3, -0.25) is 4.99 Å². The van der Waals surface area contributed by atoms with Crippen molar-refractivity contribution in [2.75, 3.05) is 45.8 Å². The Morgan fingerprint density at radius 2 is 1.77 bits per heavy atom. The van der Waals surface area contributed by atoms with Crippen molar-refractivity contribution < 1.29 is 0 Å². The van der Waals surface area contributed by atoms with Crippen LogP contribution in [-0.4, -0.2) is 61.6 Å². The van der Waals surface area contributed by atoms with Crippen molar-refractivity contribution in [1.82, 2.24) is 15.1 Å². The molecule has 22 heavy (non-hydrogen) atoms. The van der Waals surface area contributed by atoms with Gasteiger partial charge in [-0.05, 0) is 71.0 Å². The van der Waals surface area contributed by atoms with E-state index in [1.165, 1.54) is 71.2 Å². The van der Waals surface area contributed by atoms with Gasteiger partial charge in [-0.1, -0.05) is 6.92 Å². The standard InChI is InChI=1S/C17H34N4.HI/c1-3-18-17(21-14-8-16(2)9-15-21)19-10-4-5-11-20-12-6-7-13-20;/h16H,3-15H2,1-2H3,(H,18,19);1H. The van der Waals surface area contributed by atoms with Crippen molar-refractivity contribution in [3.63, 3.8) is 0 Å². The second-order valence-electron chi connectivity index (χ2n) is 6.66. The first-order valence-electron chi connectivity index (χ1n) is 9.05. The van der Waals surface area contributed by atoms with Gasteiger partial charge in [0.2, 0.25) is 0 Å². The van der Waals surface area contributed by atoms with E-state index < -0.39 is 0 Å². The number of guanidine groups is 1. The maximum absolute atomic E-state index is 4.84. The number of hydrogen-bond donors (Lipinski definition) is 1. The molecule has 0 aromatic heterocycles. The molecular formula is C17H35IN4. The van der Waals surface area contributed by atoms with Crippen LogP contribution in [0.5, 0.6) is 0 Å². The molecule has 0 radical (unpaired) electrons. The van der Waals surface area contributed by atoms with Gasteiger partial charge in [0.15, 0.2) is 5.96 Å². The normalized spacial score (nSPS) is 21.0. The SMILES string of the molecule is CCNC(=NCCCCN1CCCC1)N1CCC(C)CC1.I. The highest BCUT2D eigenvalue weighted by Crippen LogP contribution is 2.16. The van der Waals surface area contributed by atoms with Gasteiger partial charge in [0.25, 0.3) is 0 Å². The van der Waals surface area contributed by atoms with Crippen LogP contribution in [0.25, 0.3) is 0 Å². The van der Waals surface area contributed by atoms with Gasteiger partial charge in [-0.25, -0.2) is 0 Å². The van der Waals surface area contributed by atoms with Gasteiger partial charge in [0.05, 0.1) is 0 Å². The van der Waals surface area contributed by atoms with E-state index >= 15 is 0 Å². The number of rotatable bonds is 6. The fraction of sp³-hybridized carbons (Fsp3) is 0.941. The molecule has 2 rings (SSSR count). The van der Waals surface area contributed by atoms with E-state index in [0.29, 0.717) is 0 Å². The summed E-state index contributed by atoms with van der Waals surface area (Å²) >= 11 is 0. The lowest BCUT2D eigenvalue weighted by Gasteiger charge is -2.33. The van der Waals surface area contributed by atoms with Crippen LogP contribution in [-0.2, 0) is 0 Å². The van der Waals surface area contributed by atoms with Crippen molar-refractivity contribution in [3.8, 4) is 0 Å². The molecule has 0 aliphatic carbocycles. The Morgan fingerprint density at radius 1 is 1.09 bits per heavy atom. The zero-order valence-electron chi connectivity index (χ0n) is 14.5. The summed E-state index contributed by atoms with van der Waals surface area (Å²) in [4.78, 5) is 9.89. The van der Waals surface area contributed by atoms with E-state index in [-0.39, 0.29) is 24.0 Å². The molecule has 2 aliphatic rings. The monoisotopic (exact) mass is 422 g/mol. The van der Waals surface area contributed by atoms with Crippen LogP contribution in [0.2, 0.25) is 0 Å². The van der Waals surface area contributed by atoms with E-state index in [1.54, 1.807) is 0 Å². The Hall–Kier alpha value is -0.0400.